The van der Waals surface area contributed by atoms with Crippen molar-refractivity contribution in [2.24, 2.45) is 0 Å². The summed E-state index contributed by atoms with van der Waals surface area (Å²) in [5.41, 5.74) is 2.44. The second kappa shape index (κ2) is 8.10. The van der Waals surface area contributed by atoms with Crippen molar-refractivity contribution < 1.29 is 14.3 Å². The van der Waals surface area contributed by atoms with Gasteiger partial charge in [0.15, 0.2) is 11.5 Å². The van der Waals surface area contributed by atoms with Crippen LogP contribution in [-0.4, -0.2) is 44.2 Å². The summed E-state index contributed by atoms with van der Waals surface area (Å²) in [6.45, 7) is 5.18. The standard InChI is InChI=1S/C20H26N2O3S/c1-13(2)21-19(23)12-22-8-7-14-10-16(24-3)17(25-4)11-15(14)20(22)18-6-5-9-26-18/h5-6,9-11,13,20H,7-8,12H2,1-4H3,(H,21,23). The molecule has 1 aromatic heterocycles. The van der Waals surface area contributed by atoms with Gasteiger partial charge in [0.05, 0.1) is 26.8 Å². The molecule has 1 unspecified atom stereocenters. The molecule has 0 aliphatic carbocycles. The first-order chi connectivity index (χ1) is 12.5. The van der Waals surface area contributed by atoms with Crippen molar-refractivity contribution in [3.05, 3.63) is 45.6 Å². The van der Waals surface area contributed by atoms with E-state index in [1.54, 1.807) is 25.6 Å². The van der Waals surface area contributed by atoms with E-state index in [2.05, 4.69) is 39.9 Å². The molecule has 26 heavy (non-hydrogen) atoms. The van der Waals surface area contributed by atoms with Crippen LogP contribution in [0.1, 0.15) is 35.9 Å². The molecule has 2 aromatic rings. The molecule has 1 atom stereocenters. The fraction of sp³-hybridized carbons (Fsp3) is 0.450. The molecule has 3 rings (SSSR count). The number of ether oxygens (including phenoxy) is 2. The number of benzene rings is 1. The zero-order valence-electron chi connectivity index (χ0n) is 15.7. The number of hydrogen-bond donors (Lipinski definition) is 1. The summed E-state index contributed by atoms with van der Waals surface area (Å²) >= 11 is 1.72. The molecule has 1 aromatic carbocycles. The molecule has 0 saturated carbocycles. The van der Waals surface area contributed by atoms with Gasteiger partial charge in [-0.15, -0.1) is 11.3 Å². The van der Waals surface area contributed by atoms with E-state index >= 15 is 0 Å². The molecular weight excluding hydrogens is 348 g/mol. The van der Waals surface area contributed by atoms with E-state index in [4.69, 9.17) is 9.47 Å². The van der Waals surface area contributed by atoms with Crippen LogP contribution >= 0.6 is 11.3 Å². The van der Waals surface area contributed by atoms with E-state index in [9.17, 15) is 4.79 Å². The summed E-state index contributed by atoms with van der Waals surface area (Å²) in [6.07, 6.45) is 0.881. The zero-order valence-corrected chi connectivity index (χ0v) is 16.6. The molecule has 0 spiro atoms. The van der Waals surface area contributed by atoms with Crippen molar-refractivity contribution in [3.63, 3.8) is 0 Å². The summed E-state index contributed by atoms with van der Waals surface area (Å²) in [7, 11) is 3.31. The predicted octanol–water partition coefficient (Wildman–Crippen LogP) is 3.24. The molecular formula is C20H26N2O3S. The van der Waals surface area contributed by atoms with Gasteiger partial charge in [-0.05, 0) is 55.0 Å². The van der Waals surface area contributed by atoms with Crippen molar-refractivity contribution in [2.75, 3.05) is 27.3 Å². The lowest BCUT2D eigenvalue weighted by Crippen LogP contribution is -2.44. The van der Waals surface area contributed by atoms with E-state index in [0.29, 0.717) is 6.54 Å². The molecule has 6 heteroatoms. The van der Waals surface area contributed by atoms with Crippen molar-refractivity contribution >= 4 is 17.2 Å². The highest BCUT2D eigenvalue weighted by Gasteiger charge is 2.32. The largest absolute Gasteiger partial charge is 0.493 e. The maximum atomic E-state index is 12.4. The predicted molar refractivity (Wildman–Crippen MR) is 104 cm³/mol. The molecule has 1 aliphatic heterocycles. The van der Waals surface area contributed by atoms with Gasteiger partial charge in [-0.2, -0.15) is 0 Å². The fourth-order valence-corrected chi connectivity index (χ4v) is 4.38. The first-order valence-corrected chi connectivity index (χ1v) is 9.73. The van der Waals surface area contributed by atoms with Crippen molar-refractivity contribution in [3.8, 4) is 11.5 Å². The number of nitrogens with zero attached hydrogens (tertiary/aromatic N) is 1. The summed E-state index contributed by atoms with van der Waals surface area (Å²) in [5, 5.41) is 5.08. The maximum absolute atomic E-state index is 12.4. The third-order valence-electron chi connectivity index (χ3n) is 4.58. The number of rotatable bonds is 6. The lowest BCUT2D eigenvalue weighted by Gasteiger charge is -2.37. The Balaban J connectivity index is 1.98. The Kier molecular flexibility index (Phi) is 5.84. The quantitative estimate of drug-likeness (QED) is 0.843. The Bertz CT molecular complexity index is 759. The Hall–Kier alpha value is -2.05. The van der Waals surface area contributed by atoms with Crippen LogP contribution in [-0.2, 0) is 11.2 Å². The number of methoxy groups -OCH3 is 2. The number of fused-ring (bicyclic) bond motifs is 1. The van der Waals surface area contributed by atoms with Crippen LogP contribution in [0.3, 0.4) is 0 Å². The van der Waals surface area contributed by atoms with Crippen LogP contribution in [0.4, 0.5) is 0 Å². The SMILES string of the molecule is COc1cc2c(cc1OC)C(c1cccs1)N(CC(=O)NC(C)C)CC2. The Morgan fingerprint density at radius 1 is 1.31 bits per heavy atom. The van der Waals surface area contributed by atoms with Gasteiger partial charge in [0.25, 0.3) is 0 Å². The lowest BCUT2D eigenvalue weighted by molar-refractivity contribution is -0.123. The van der Waals surface area contributed by atoms with Crippen molar-refractivity contribution in [2.45, 2.75) is 32.4 Å². The van der Waals surface area contributed by atoms with E-state index < -0.39 is 0 Å². The molecule has 5 nitrogen and oxygen atoms in total. The van der Waals surface area contributed by atoms with Gasteiger partial charge in [-0.25, -0.2) is 0 Å². The fourth-order valence-electron chi connectivity index (χ4n) is 3.50. The summed E-state index contributed by atoms with van der Waals surface area (Å²) in [6, 6.07) is 8.52. The Morgan fingerprint density at radius 3 is 2.65 bits per heavy atom. The number of amides is 1. The highest BCUT2D eigenvalue weighted by Crippen LogP contribution is 2.41. The number of nitrogens with one attached hydrogen (secondary N) is 1. The summed E-state index contributed by atoms with van der Waals surface area (Å²) < 4.78 is 11.0. The van der Waals surface area contributed by atoms with Crippen LogP contribution in [0, 0.1) is 0 Å². The van der Waals surface area contributed by atoms with E-state index in [1.807, 2.05) is 13.8 Å². The Labute approximate surface area is 158 Å². The molecule has 0 bridgehead atoms. The highest BCUT2D eigenvalue weighted by molar-refractivity contribution is 7.10. The molecule has 2 heterocycles. The van der Waals surface area contributed by atoms with Gasteiger partial charge < -0.3 is 14.8 Å². The summed E-state index contributed by atoms with van der Waals surface area (Å²) in [4.78, 5) is 15.9. The maximum Gasteiger partial charge on any atom is 0.234 e. The average molecular weight is 375 g/mol. The number of carbonyl (C=O) groups excluding carboxylic acids is 1. The number of hydrogen-bond acceptors (Lipinski definition) is 5. The molecule has 140 valence electrons. The van der Waals surface area contributed by atoms with Gasteiger partial charge in [0, 0.05) is 17.5 Å². The molecule has 1 amide bonds. The van der Waals surface area contributed by atoms with Crippen molar-refractivity contribution in [1.29, 1.82) is 0 Å². The molecule has 1 aliphatic rings. The van der Waals surface area contributed by atoms with E-state index in [-0.39, 0.29) is 18.0 Å². The first-order valence-electron chi connectivity index (χ1n) is 8.85. The minimum Gasteiger partial charge on any atom is -0.493 e. The van der Waals surface area contributed by atoms with Crippen LogP contribution in [0.2, 0.25) is 0 Å². The van der Waals surface area contributed by atoms with E-state index in [1.165, 1.54) is 16.0 Å². The second-order valence-electron chi connectivity index (χ2n) is 6.77. The highest BCUT2D eigenvalue weighted by atomic mass is 32.1. The smallest absolute Gasteiger partial charge is 0.234 e. The van der Waals surface area contributed by atoms with Gasteiger partial charge >= 0.3 is 0 Å². The van der Waals surface area contributed by atoms with Crippen LogP contribution in [0.5, 0.6) is 11.5 Å². The Morgan fingerprint density at radius 2 is 2.04 bits per heavy atom. The molecule has 0 saturated heterocycles. The third kappa shape index (κ3) is 3.86. The van der Waals surface area contributed by atoms with Gasteiger partial charge in [0.2, 0.25) is 5.91 Å². The third-order valence-corrected chi connectivity index (χ3v) is 5.51. The molecule has 1 N–H and O–H groups in total. The lowest BCUT2D eigenvalue weighted by atomic mass is 9.91. The van der Waals surface area contributed by atoms with Crippen LogP contribution in [0.15, 0.2) is 29.6 Å². The van der Waals surface area contributed by atoms with Gasteiger partial charge in [0.1, 0.15) is 0 Å². The average Bonchev–Trinajstić information content (AvgIpc) is 3.13. The first kappa shape index (κ1) is 18.7. The number of thiophene rings is 1. The summed E-state index contributed by atoms with van der Waals surface area (Å²) in [5.74, 6) is 1.54. The van der Waals surface area contributed by atoms with Crippen LogP contribution < -0.4 is 14.8 Å². The minimum absolute atomic E-state index is 0.0523. The normalized spacial score (nSPS) is 17.0. The van der Waals surface area contributed by atoms with Gasteiger partial charge in [-0.3, -0.25) is 9.69 Å². The van der Waals surface area contributed by atoms with Crippen LogP contribution in [0.25, 0.3) is 0 Å². The van der Waals surface area contributed by atoms with Gasteiger partial charge in [-0.1, -0.05) is 6.07 Å². The molecule has 0 fully saturated rings. The van der Waals surface area contributed by atoms with Crippen molar-refractivity contribution in [1.82, 2.24) is 10.2 Å². The number of carbonyl (C=O) groups is 1. The second-order valence-corrected chi connectivity index (χ2v) is 7.75. The monoisotopic (exact) mass is 374 g/mol. The topological polar surface area (TPSA) is 50.8 Å². The minimum atomic E-state index is 0.0523. The zero-order chi connectivity index (χ0) is 18.7. The molecule has 0 radical (unpaired) electrons. The van der Waals surface area contributed by atoms with E-state index in [0.717, 1.165) is 24.5 Å².